The number of nitriles is 1. The smallest absolute Gasteiger partial charge is 0.227 e. The van der Waals surface area contributed by atoms with Gasteiger partial charge in [0.05, 0.1) is 29.8 Å². The number of carbonyl (C=O) groups excluding carboxylic acids is 1. The van der Waals surface area contributed by atoms with Gasteiger partial charge in [0, 0.05) is 24.2 Å². The second-order valence-electron chi connectivity index (χ2n) is 7.10. The lowest BCUT2D eigenvalue weighted by molar-refractivity contribution is -0.129. The lowest BCUT2D eigenvalue weighted by Gasteiger charge is -2.36. The zero-order chi connectivity index (χ0) is 20.3. The summed E-state index contributed by atoms with van der Waals surface area (Å²) in [6.07, 6.45) is 0.606. The lowest BCUT2D eigenvalue weighted by atomic mass is 9.93. The molecule has 0 saturated carbocycles. The van der Waals surface area contributed by atoms with E-state index in [4.69, 9.17) is 0 Å². The van der Waals surface area contributed by atoms with E-state index in [1.807, 2.05) is 37.1 Å². The average molecular weight is 400 g/mol. The Hall–Kier alpha value is -2.50. The van der Waals surface area contributed by atoms with E-state index in [1.54, 1.807) is 0 Å². The van der Waals surface area contributed by atoms with Gasteiger partial charge in [0.2, 0.25) is 5.91 Å². The average Bonchev–Trinajstić information content (AvgIpc) is 3.14. The van der Waals surface area contributed by atoms with Gasteiger partial charge in [0.15, 0.2) is 0 Å². The minimum absolute atomic E-state index is 0.201. The first kappa shape index (κ1) is 20.2. The number of carbonyl (C=O) groups is 1. The molecule has 28 heavy (non-hydrogen) atoms. The van der Waals surface area contributed by atoms with Gasteiger partial charge in [-0.1, -0.05) is 6.92 Å². The summed E-state index contributed by atoms with van der Waals surface area (Å²) in [6, 6.07) is 4.10. The summed E-state index contributed by atoms with van der Waals surface area (Å²) in [5, 5.41) is 25.7. The minimum atomic E-state index is -0.713. The SMILES string of the molecule is CCc1csc(CNC(=O)[C@H]2CN(c3nc(C)cc(C)c3C#N)CC[C@H]2O)n1. The summed E-state index contributed by atoms with van der Waals surface area (Å²) in [5.41, 5.74) is 3.24. The van der Waals surface area contributed by atoms with Crippen molar-refractivity contribution in [2.45, 2.75) is 46.3 Å². The van der Waals surface area contributed by atoms with Crippen molar-refractivity contribution in [2.24, 2.45) is 5.92 Å². The number of amides is 1. The molecule has 2 aromatic rings. The van der Waals surface area contributed by atoms with E-state index in [9.17, 15) is 15.2 Å². The van der Waals surface area contributed by atoms with Gasteiger partial charge in [-0.05, 0) is 38.3 Å². The molecule has 7 nitrogen and oxygen atoms in total. The Balaban J connectivity index is 1.72. The van der Waals surface area contributed by atoms with Crippen molar-refractivity contribution in [3.63, 3.8) is 0 Å². The summed E-state index contributed by atoms with van der Waals surface area (Å²) in [5.74, 6) is -0.181. The number of pyridine rings is 1. The first-order chi connectivity index (χ1) is 13.4. The summed E-state index contributed by atoms with van der Waals surface area (Å²) in [6.45, 7) is 7.06. The summed E-state index contributed by atoms with van der Waals surface area (Å²) < 4.78 is 0. The molecule has 1 aliphatic rings. The van der Waals surface area contributed by atoms with E-state index in [2.05, 4.69) is 21.4 Å². The minimum Gasteiger partial charge on any atom is -0.392 e. The van der Waals surface area contributed by atoms with Crippen LogP contribution in [0.3, 0.4) is 0 Å². The fraction of sp³-hybridized carbons (Fsp3) is 0.500. The summed E-state index contributed by atoms with van der Waals surface area (Å²) in [4.78, 5) is 23.6. The molecular weight excluding hydrogens is 374 g/mol. The number of aliphatic hydroxyl groups is 1. The molecule has 2 atom stereocenters. The number of piperidine rings is 1. The van der Waals surface area contributed by atoms with Crippen LogP contribution in [-0.2, 0) is 17.8 Å². The van der Waals surface area contributed by atoms with Gasteiger partial charge in [-0.25, -0.2) is 9.97 Å². The molecule has 2 N–H and O–H groups in total. The fourth-order valence-corrected chi connectivity index (χ4v) is 4.28. The predicted octanol–water partition coefficient (Wildman–Crippen LogP) is 2.09. The quantitative estimate of drug-likeness (QED) is 0.798. The number of thiazole rings is 1. The van der Waals surface area contributed by atoms with E-state index in [0.29, 0.717) is 37.4 Å². The Bertz CT molecular complexity index is 904. The number of aromatic nitrogens is 2. The van der Waals surface area contributed by atoms with E-state index >= 15 is 0 Å². The number of aryl methyl sites for hydroxylation is 3. The van der Waals surface area contributed by atoms with Gasteiger partial charge in [-0.3, -0.25) is 4.79 Å². The number of nitrogens with zero attached hydrogens (tertiary/aromatic N) is 4. The van der Waals surface area contributed by atoms with E-state index in [1.165, 1.54) is 11.3 Å². The lowest BCUT2D eigenvalue weighted by Crippen LogP contribution is -2.50. The van der Waals surface area contributed by atoms with Crippen LogP contribution in [0.5, 0.6) is 0 Å². The van der Waals surface area contributed by atoms with Gasteiger partial charge in [0.1, 0.15) is 16.9 Å². The fourth-order valence-electron chi connectivity index (χ4n) is 3.46. The Morgan fingerprint density at radius 2 is 2.25 bits per heavy atom. The Kier molecular flexibility index (Phi) is 6.27. The molecule has 0 unspecified atom stereocenters. The molecule has 8 heteroatoms. The molecule has 1 saturated heterocycles. The molecule has 1 amide bonds. The van der Waals surface area contributed by atoms with Crippen molar-refractivity contribution in [3.8, 4) is 6.07 Å². The van der Waals surface area contributed by atoms with Crippen molar-refractivity contribution in [2.75, 3.05) is 18.0 Å². The summed E-state index contributed by atoms with van der Waals surface area (Å²) in [7, 11) is 0. The third-order valence-electron chi connectivity index (χ3n) is 5.03. The van der Waals surface area contributed by atoms with Crippen molar-refractivity contribution in [3.05, 3.63) is 39.0 Å². The maximum Gasteiger partial charge on any atom is 0.227 e. The first-order valence-corrected chi connectivity index (χ1v) is 10.3. The van der Waals surface area contributed by atoms with E-state index < -0.39 is 12.0 Å². The Morgan fingerprint density at radius 3 is 2.93 bits per heavy atom. The van der Waals surface area contributed by atoms with Gasteiger partial charge >= 0.3 is 0 Å². The molecule has 0 radical (unpaired) electrons. The second kappa shape index (κ2) is 8.67. The largest absolute Gasteiger partial charge is 0.392 e. The monoisotopic (exact) mass is 399 g/mol. The van der Waals surface area contributed by atoms with E-state index in [-0.39, 0.29) is 5.91 Å². The molecule has 0 bridgehead atoms. The molecular formula is C20H25N5O2S. The number of anilines is 1. The molecule has 1 aliphatic heterocycles. The maximum absolute atomic E-state index is 12.7. The van der Waals surface area contributed by atoms with Crippen LogP contribution < -0.4 is 10.2 Å². The maximum atomic E-state index is 12.7. The summed E-state index contributed by atoms with van der Waals surface area (Å²) >= 11 is 1.52. The predicted molar refractivity (Wildman–Crippen MR) is 108 cm³/mol. The van der Waals surface area contributed by atoms with Crippen LogP contribution in [0.2, 0.25) is 0 Å². The Morgan fingerprint density at radius 1 is 1.46 bits per heavy atom. The molecule has 1 fully saturated rings. The van der Waals surface area contributed by atoms with Crippen LogP contribution in [0.25, 0.3) is 0 Å². The topological polar surface area (TPSA) is 102 Å². The van der Waals surface area contributed by atoms with Crippen LogP contribution in [-0.4, -0.2) is 40.2 Å². The molecule has 148 valence electrons. The number of nitrogens with one attached hydrogen (secondary N) is 1. The van der Waals surface area contributed by atoms with Gasteiger partial charge in [0.25, 0.3) is 0 Å². The number of hydrogen-bond donors (Lipinski definition) is 2. The van der Waals surface area contributed by atoms with Crippen LogP contribution in [0.4, 0.5) is 5.82 Å². The highest BCUT2D eigenvalue weighted by Gasteiger charge is 2.34. The van der Waals surface area contributed by atoms with E-state index in [0.717, 1.165) is 28.4 Å². The van der Waals surface area contributed by atoms with Crippen molar-refractivity contribution >= 4 is 23.1 Å². The highest BCUT2D eigenvalue weighted by atomic mass is 32.1. The first-order valence-electron chi connectivity index (χ1n) is 9.45. The number of hydrogen-bond acceptors (Lipinski definition) is 7. The molecule has 0 spiro atoms. The van der Waals surface area contributed by atoms with Crippen molar-refractivity contribution in [1.82, 2.24) is 15.3 Å². The molecule has 0 aliphatic carbocycles. The molecule has 3 heterocycles. The molecule has 3 rings (SSSR count). The number of rotatable bonds is 5. The third-order valence-corrected chi connectivity index (χ3v) is 5.92. The van der Waals surface area contributed by atoms with Crippen LogP contribution in [0.1, 0.15) is 40.9 Å². The van der Waals surface area contributed by atoms with Crippen molar-refractivity contribution in [1.29, 1.82) is 5.26 Å². The molecule has 2 aromatic heterocycles. The third kappa shape index (κ3) is 4.32. The van der Waals surface area contributed by atoms with Crippen LogP contribution in [0, 0.1) is 31.1 Å². The standard InChI is InChI=1S/C20H25N5O2S/c1-4-14-11-28-18(24-14)9-22-20(27)16-10-25(6-5-17(16)26)19-15(8-21)12(2)7-13(3)23-19/h7,11,16-17,26H,4-6,9-10H2,1-3H3,(H,22,27)/t16-,17+/m0/s1. The van der Waals surface area contributed by atoms with Crippen LogP contribution in [0.15, 0.2) is 11.4 Å². The number of aliphatic hydroxyl groups excluding tert-OH is 1. The normalized spacial score (nSPS) is 19.3. The zero-order valence-electron chi connectivity index (χ0n) is 16.4. The highest BCUT2D eigenvalue weighted by molar-refractivity contribution is 7.09. The second-order valence-corrected chi connectivity index (χ2v) is 8.05. The van der Waals surface area contributed by atoms with Gasteiger partial charge in [-0.15, -0.1) is 11.3 Å². The molecule has 0 aromatic carbocycles. The Labute approximate surface area is 169 Å². The van der Waals surface area contributed by atoms with Gasteiger partial charge < -0.3 is 15.3 Å². The van der Waals surface area contributed by atoms with Gasteiger partial charge in [-0.2, -0.15) is 5.26 Å². The van der Waals surface area contributed by atoms with Crippen molar-refractivity contribution < 1.29 is 9.90 Å². The highest BCUT2D eigenvalue weighted by Crippen LogP contribution is 2.27. The van der Waals surface area contributed by atoms with Crippen LogP contribution >= 0.6 is 11.3 Å². The zero-order valence-corrected chi connectivity index (χ0v) is 17.2.